The molecule has 106 valence electrons. The summed E-state index contributed by atoms with van der Waals surface area (Å²) in [5.41, 5.74) is 0. The smallest absolute Gasteiger partial charge is 0.419 e. The van der Waals surface area contributed by atoms with Crippen molar-refractivity contribution >= 4 is 5.90 Å². The molecule has 0 bridgehead atoms. The molecule has 0 atom stereocenters. The molecule has 0 fully saturated rings. The quantitative estimate of drug-likeness (QED) is 0.695. The molecule has 0 aromatic carbocycles. The lowest BCUT2D eigenvalue weighted by Gasteiger charge is -2.29. The van der Waals surface area contributed by atoms with Crippen LogP contribution < -0.4 is 0 Å². The van der Waals surface area contributed by atoms with E-state index in [4.69, 9.17) is 0 Å². The van der Waals surface area contributed by atoms with Gasteiger partial charge in [0.15, 0.2) is 0 Å². The Balaban J connectivity index is 2.97. The zero-order valence-corrected chi connectivity index (χ0v) is 7.87. The molecule has 12 heteroatoms. The third-order valence-corrected chi connectivity index (χ3v) is 1.64. The van der Waals surface area contributed by atoms with E-state index in [0.717, 1.165) is 0 Å². The van der Waals surface area contributed by atoms with Crippen molar-refractivity contribution in [3.05, 3.63) is 0 Å². The summed E-state index contributed by atoms with van der Waals surface area (Å²) in [6.07, 6.45) is -19.6. The van der Waals surface area contributed by atoms with Gasteiger partial charge in [-0.1, -0.05) is 0 Å². The SMILES string of the molecule is FC(F)(F)CC1=NOC(C(F)(F)F)(C(F)(F)F)O1. The third-order valence-electron chi connectivity index (χ3n) is 1.64. The molecular formula is C6H2F9NO2. The van der Waals surface area contributed by atoms with E-state index in [-0.39, 0.29) is 0 Å². The van der Waals surface area contributed by atoms with Gasteiger partial charge in [0.2, 0.25) is 5.90 Å². The highest BCUT2D eigenvalue weighted by Gasteiger charge is 2.80. The molecule has 0 saturated heterocycles. The summed E-state index contributed by atoms with van der Waals surface area (Å²) in [5.74, 6) is -7.04. The van der Waals surface area contributed by atoms with Gasteiger partial charge in [0.1, 0.15) is 6.42 Å². The molecule has 0 amide bonds. The average Bonchev–Trinajstić information content (AvgIpc) is 2.43. The van der Waals surface area contributed by atoms with Gasteiger partial charge in [-0.05, 0) is 5.16 Å². The number of hydrogen-bond donors (Lipinski definition) is 0. The lowest BCUT2D eigenvalue weighted by Crippen LogP contribution is -2.58. The van der Waals surface area contributed by atoms with E-state index >= 15 is 0 Å². The molecule has 18 heavy (non-hydrogen) atoms. The van der Waals surface area contributed by atoms with E-state index in [0.29, 0.717) is 0 Å². The monoisotopic (exact) mass is 291 g/mol. The maximum atomic E-state index is 12.2. The standard InChI is InChI=1S/C6H2F9NO2/c7-3(8,9)1-2-16-18-4(17-2,5(10,11)12)6(13,14)15/h1H2. The normalized spacial score (nSPS) is 20.2. The van der Waals surface area contributed by atoms with Crippen molar-refractivity contribution < 1.29 is 49.1 Å². The fourth-order valence-electron chi connectivity index (χ4n) is 0.938. The van der Waals surface area contributed by atoms with Gasteiger partial charge in [-0.25, -0.2) is 0 Å². The van der Waals surface area contributed by atoms with Gasteiger partial charge in [0, 0.05) is 0 Å². The van der Waals surface area contributed by atoms with E-state index < -0.39 is 36.6 Å². The Bertz CT molecular complexity index is 338. The fourth-order valence-corrected chi connectivity index (χ4v) is 0.938. The van der Waals surface area contributed by atoms with Gasteiger partial charge < -0.3 is 9.57 Å². The number of nitrogens with zero attached hydrogens (tertiary/aromatic N) is 1. The largest absolute Gasteiger partial charge is 0.480 e. The topological polar surface area (TPSA) is 30.8 Å². The molecule has 0 aliphatic carbocycles. The molecule has 1 rings (SSSR count). The molecule has 0 aromatic heterocycles. The van der Waals surface area contributed by atoms with Crippen molar-refractivity contribution in [3.63, 3.8) is 0 Å². The van der Waals surface area contributed by atoms with Crippen LogP contribution in [0.3, 0.4) is 0 Å². The summed E-state index contributed by atoms with van der Waals surface area (Å²) in [6.45, 7) is 0. The molecule has 3 nitrogen and oxygen atoms in total. The molecule has 0 radical (unpaired) electrons. The van der Waals surface area contributed by atoms with E-state index in [9.17, 15) is 39.5 Å². The Morgan fingerprint density at radius 3 is 1.61 bits per heavy atom. The Morgan fingerprint density at radius 1 is 0.889 bits per heavy atom. The van der Waals surface area contributed by atoms with Crippen molar-refractivity contribution in [3.8, 4) is 0 Å². The Hall–Kier alpha value is -1.36. The van der Waals surface area contributed by atoms with Gasteiger partial charge in [-0.3, -0.25) is 0 Å². The van der Waals surface area contributed by atoms with Gasteiger partial charge in [-0.2, -0.15) is 39.5 Å². The van der Waals surface area contributed by atoms with E-state index in [1.807, 2.05) is 5.16 Å². The van der Waals surface area contributed by atoms with Gasteiger partial charge in [0.05, 0.1) is 0 Å². The lowest BCUT2D eigenvalue weighted by molar-refractivity contribution is -0.439. The summed E-state index contributed by atoms with van der Waals surface area (Å²) in [6, 6.07) is 0. The first-order valence-electron chi connectivity index (χ1n) is 3.93. The van der Waals surface area contributed by atoms with Crippen LogP contribution in [-0.4, -0.2) is 30.2 Å². The van der Waals surface area contributed by atoms with Gasteiger partial charge in [0.25, 0.3) is 0 Å². The number of oxime groups is 1. The van der Waals surface area contributed by atoms with Crippen molar-refractivity contribution in [2.24, 2.45) is 5.16 Å². The minimum atomic E-state index is -6.14. The summed E-state index contributed by atoms with van der Waals surface area (Å²) in [4.78, 5) is 3.04. The van der Waals surface area contributed by atoms with Gasteiger partial charge >= 0.3 is 24.3 Å². The number of hydrogen-bond acceptors (Lipinski definition) is 3. The first-order chi connectivity index (χ1) is 7.79. The third kappa shape index (κ3) is 2.56. The van der Waals surface area contributed by atoms with E-state index in [1.54, 1.807) is 0 Å². The molecule has 0 unspecified atom stereocenters. The van der Waals surface area contributed by atoms with Gasteiger partial charge in [-0.15, -0.1) is 0 Å². The number of rotatable bonds is 1. The highest BCUT2D eigenvalue weighted by atomic mass is 19.4. The maximum absolute atomic E-state index is 12.2. The highest BCUT2D eigenvalue weighted by molar-refractivity contribution is 5.77. The predicted octanol–water partition coefficient (Wildman–Crippen LogP) is 3.12. The van der Waals surface area contributed by atoms with Crippen LogP contribution in [0.5, 0.6) is 0 Å². The fraction of sp³-hybridized carbons (Fsp3) is 0.833. The van der Waals surface area contributed by atoms with Crippen LogP contribution in [0.4, 0.5) is 39.5 Å². The molecule has 1 aliphatic rings. The predicted molar refractivity (Wildman–Crippen MR) is 35.1 cm³/mol. The lowest BCUT2D eigenvalue weighted by atomic mass is 10.2. The minimum absolute atomic E-state index is 1.85. The summed E-state index contributed by atoms with van der Waals surface area (Å²) in [7, 11) is 0. The van der Waals surface area contributed by atoms with Crippen LogP contribution in [-0.2, 0) is 9.57 Å². The summed E-state index contributed by atoms with van der Waals surface area (Å²) < 4.78 is 112. The van der Waals surface area contributed by atoms with Crippen molar-refractivity contribution in [1.82, 2.24) is 0 Å². The van der Waals surface area contributed by atoms with Crippen LogP contribution in [0, 0.1) is 0 Å². The maximum Gasteiger partial charge on any atom is 0.480 e. The van der Waals surface area contributed by atoms with Crippen LogP contribution in [0.15, 0.2) is 5.16 Å². The summed E-state index contributed by atoms with van der Waals surface area (Å²) >= 11 is 0. The molecule has 1 aliphatic heterocycles. The van der Waals surface area contributed by atoms with Crippen LogP contribution in [0.1, 0.15) is 6.42 Å². The highest BCUT2D eigenvalue weighted by Crippen LogP contribution is 2.49. The molecule has 0 saturated carbocycles. The van der Waals surface area contributed by atoms with Crippen molar-refractivity contribution in [2.75, 3.05) is 0 Å². The molecular weight excluding hydrogens is 289 g/mol. The molecule has 0 N–H and O–H groups in total. The Morgan fingerprint density at radius 2 is 1.33 bits per heavy atom. The summed E-state index contributed by atoms with van der Waals surface area (Å²) in [5, 5.41) is 2.04. The second kappa shape index (κ2) is 3.82. The second-order valence-electron chi connectivity index (χ2n) is 3.08. The molecule has 1 heterocycles. The first-order valence-corrected chi connectivity index (χ1v) is 3.93. The van der Waals surface area contributed by atoms with Crippen molar-refractivity contribution in [1.29, 1.82) is 0 Å². The Labute approximate surface area is 92.1 Å². The van der Waals surface area contributed by atoms with E-state index in [1.165, 1.54) is 0 Å². The zero-order chi connectivity index (χ0) is 14.4. The van der Waals surface area contributed by atoms with Crippen LogP contribution >= 0.6 is 0 Å². The van der Waals surface area contributed by atoms with Crippen LogP contribution in [0.2, 0.25) is 0 Å². The molecule has 0 spiro atoms. The Kier molecular flexibility index (Phi) is 3.12. The molecule has 0 aromatic rings. The second-order valence-corrected chi connectivity index (χ2v) is 3.08. The first kappa shape index (κ1) is 14.7. The van der Waals surface area contributed by atoms with Crippen molar-refractivity contribution in [2.45, 2.75) is 30.7 Å². The number of ether oxygens (including phenoxy) is 1. The number of halogens is 9. The average molecular weight is 291 g/mol. The zero-order valence-electron chi connectivity index (χ0n) is 7.87. The minimum Gasteiger partial charge on any atom is -0.419 e. The van der Waals surface area contributed by atoms with E-state index in [2.05, 4.69) is 9.57 Å². The van der Waals surface area contributed by atoms with Crippen LogP contribution in [0.25, 0.3) is 0 Å². The number of alkyl halides is 9.